The van der Waals surface area contributed by atoms with Crippen molar-refractivity contribution in [3.05, 3.63) is 71.1 Å². The Labute approximate surface area is 175 Å². The van der Waals surface area contributed by atoms with Gasteiger partial charge in [-0.1, -0.05) is 24.6 Å². The summed E-state index contributed by atoms with van der Waals surface area (Å²) in [5.74, 6) is 0.0662. The predicted octanol–water partition coefficient (Wildman–Crippen LogP) is 4.44. The van der Waals surface area contributed by atoms with Gasteiger partial charge in [-0.2, -0.15) is 0 Å². The molecule has 1 heterocycles. The summed E-state index contributed by atoms with van der Waals surface area (Å²) in [5, 5.41) is 2.86. The lowest BCUT2D eigenvalue weighted by atomic mass is 9.88. The van der Waals surface area contributed by atoms with Crippen molar-refractivity contribution in [3.8, 4) is 5.75 Å². The molecule has 1 unspecified atom stereocenters. The molecule has 5 nitrogen and oxygen atoms in total. The van der Waals surface area contributed by atoms with Crippen molar-refractivity contribution in [3.63, 3.8) is 0 Å². The van der Waals surface area contributed by atoms with E-state index in [1.165, 1.54) is 12.1 Å². The van der Waals surface area contributed by atoms with Gasteiger partial charge in [-0.15, -0.1) is 0 Å². The van der Waals surface area contributed by atoms with Gasteiger partial charge in [0.25, 0.3) is 5.91 Å². The second-order valence-electron chi connectivity index (χ2n) is 7.78. The Kier molecular flexibility index (Phi) is 5.84. The van der Waals surface area contributed by atoms with Gasteiger partial charge in [0.05, 0.1) is 19.6 Å². The molecular weight excluding hydrogens is 383 g/mol. The molecule has 0 aromatic heterocycles. The number of carbonyl (C=O) groups is 2. The summed E-state index contributed by atoms with van der Waals surface area (Å²) in [5.41, 5.74) is 3.23. The number of hydrogen-bond donors (Lipinski definition) is 1. The minimum Gasteiger partial charge on any atom is -0.497 e. The van der Waals surface area contributed by atoms with Crippen LogP contribution in [0.25, 0.3) is 0 Å². The zero-order valence-corrected chi connectivity index (χ0v) is 17.0. The monoisotopic (exact) mass is 408 g/mol. The summed E-state index contributed by atoms with van der Waals surface area (Å²) in [6, 6.07) is 13.4. The molecule has 6 heteroatoms. The van der Waals surface area contributed by atoms with Gasteiger partial charge < -0.3 is 15.0 Å². The molecule has 1 fully saturated rings. The molecule has 2 amide bonds. The standard InChI is InChI=1S/C24H25FN2O3/c1-30-19-6-4-5-18(13-19)26-23(28)14-21-20-7-2-3-8-22(20)27(24(21)29)15-16-9-11-17(25)12-10-16/h4-6,9-13,22H,2-3,7-8,14-15H2,1H3,(H,26,28). The fourth-order valence-electron chi connectivity index (χ4n) is 4.37. The Morgan fingerprint density at radius 3 is 2.77 bits per heavy atom. The molecule has 1 aliphatic carbocycles. The first kappa shape index (κ1) is 20.1. The molecule has 1 aliphatic heterocycles. The smallest absolute Gasteiger partial charge is 0.251 e. The predicted molar refractivity (Wildman–Crippen MR) is 112 cm³/mol. The van der Waals surface area contributed by atoms with Crippen LogP contribution in [0, 0.1) is 5.82 Å². The molecule has 1 atom stereocenters. The van der Waals surface area contributed by atoms with Crippen molar-refractivity contribution in [2.45, 2.75) is 44.7 Å². The third-order valence-electron chi connectivity index (χ3n) is 5.82. The van der Waals surface area contributed by atoms with Crippen LogP contribution in [0.15, 0.2) is 59.7 Å². The number of nitrogens with zero attached hydrogens (tertiary/aromatic N) is 1. The molecule has 0 radical (unpaired) electrons. The lowest BCUT2D eigenvalue weighted by Gasteiger charge is -2.30. The highest BCUT2D eigenvalue weighted by molar-refractivity contribution is 6.04. The first-order valence-electron chi connectivity index (χ1n) is 10.3. The molecule has 156 valence electrons. The summed E-state index contributed by atoms with van der Waals surface area (Å²) in [6.45, 7) is 0.425. The number of carbonyl (C=O) groups excluding carboxylic acids is 2. The van der Waals surface area contributed by atoms with Gasteiger partial charge in [0, 0.05) is 23.9 Å². The average Bonchev–Trinajstić information content (AvgIpc) is 3.01. The van der Waals surface area contributed by atoms with Crippen LogP contribution < -0.4 is 10.1 Å². The van der Waals surface area contributed by atoms with Gasteiger partial charge in [-0.3, -0.25) is 9.59 Å². The number of methoxy groups -OCH3 is 1. The van der Waals surface area contributed by atoms with E-state index in [0.29, 0.717) is 23.6 Å². The Morgan fingerprint density at radius 2 is 2.00 bits per heavy atom. The first-order valence-corrected chi connectivity index (χ1v) is 10.3. The number of halogens is 1. The molecule has 0 spiro atoms. The largest absolute Gasteiger partial charge is 0.497 e. The summed E-state index contributed by atoms with van der Waals surface area (Å²) < 4.78 is 18.4. The highest BCUT2D eigenvalue weighted by Gasteiger charge is 2.40. The number of anilines is 1. The zero-order valence-electron chi connectivity index (χ0n) is 17.0. The van der Waals surface area contributed by atoms with E-state index in [-0.39, 0.29) is 30.1 Å². The second-order valence-corrected chi connectivity index (χ2v) is 7.78. The number of hydrogen-bond acceptors (Lipinski definition) is 3. The SMILES string of the molecule is COc1cccc(NC(=O)CC2=C3CCCCC3N(Cc3ccc(F)cc3)C2=O)c1. The van der Waals surface area contributed by atoms with E-state index < -0.39 is 0 Å². The van der Waals surface area contributed by atoms with Crippen LogP contribution in [0.2, 0.25) is 0 Å². The molecule has 2 aromatic carbocycles. The van der Waals surface area contributed by atoms with E-state index >= 15 is 0 Å². The summed E-state index contributed by atoms with van der Waals surface area (Å²) in [7, 11) is 1.57. The maximum absolute atomic E-state index is 13.2. The Morgan fingerprint density at radius 1 is 1.20 bits per heavy atom. The van der Waals surface area contributed by atoms with Crippen LogP contribution in [-0.4, -0.2) is 29.9 Å². The van der Waals surface area contributed by atoms with Crippen LogP contribution in [0.4, 0.5) is 10.1 Å². The molecule has 30 heavy (non-hydrogen) atoms. The molecule has 0 saturated heterocycles. The number of ether oxygens (including phenoxy) is 1. The maximum atomic E-state index is 13.2. The average molecular weight is 408 g/mol. The number of rotatable bonds is 6. The van der Waals surface area contributed by atoms with Gasteiger partial charge in [-0.05, 0) is 54.7 Å². The van der Waals surface area contributed by atoms with Gasteiger partial charge in [-0.25, -0.2) is 4.39 Å². The Balaban J connectivity index is 1.50. The Hall–Kier alpha value is -3.15. The van der Waals surface area contributed by atoms with Crippen LogP contribution in [0.5, 0.6) is 5.75 Å². The van der Waals surface area contributed by atoms with E-state index in [4.69, 9.17) is 4.74 Å². The highest BCUT2D eigenvalue weighted by atomic mass is 19.1. The van der Waals surface area contributed by atoms with Gasteiger partial charge in [0.2, 0.25) is 5.91 Å². The molecule has 2 aromatic rings. The van der Waals surface area contributed by atoms with Crippen molar-refractivity contribution in [2.75, 3.05) is 12.4 Å². The summed E-state index contributed by atoms with van der Waals surface area (Å²) >= 11 is 0. The second kappa shape index (κ2) is 8.69. The minimum absolute atomic E-state index is 0.0379. The maximum Gasteiger partial charge on any atom is 0.251 e. The van der Waals surface area contributed by atoms with Gasteiger partial charge in [0.15, 0.2) is 0 Å². The summed E-state index contributed by atoms with van der Waals surface area (Å²) in [4.78, 5) is 27.8. The fourth-order valence-corrected chi connectivity index (χ4v) is 4.37. The van der Waals surface area contributed by atoms with Crippen molar-refractivity contribution in [1.82, 2.24) is 4.90 Å². The third-order valence-corrected chi connectivity index (χ3v) is 5.82. The third kappa shape index (κ3) is 4.22. The van der Waals surface area contributed by atoms with Crippen LogP contribution in [-0.2, 0) is 16.1 Å². The minimum atomic E-state index is -0.294. The van der Waals surface area contributed by atoms with Crippen molar-refractivity contribution < 1.29 is 18.7 Å². The van der Waals surface area contributed by atoms with E-state index in [0.717, 1.165) is 36.8 Å². The van der Waals surface area contributed by atoms with Crippen molar-refractivity contribution in [2.24, 2.45) is 0 Å². The Bertz CT molecular complexity index is 984. The van der Waals surface area contributed by atoms with Gasteiger partial charge in [0.1, 0.15) is 11.6 Å². The van der Waals surface area contributed by atoms with Crippen molar-refractivity contribution in [1.29, 1.82) is 0 Å². The van der Waals surface area contributed by atoms with Crippen LogP contribution in [0.1, 0.15) is 37.7 Å². The van der Waals surface area contributed by atoms with E-state index in [1.54, 1.807) is 43.5 Å². The van der Waals surface area contributed by atoms with Crippen LogP contribution >= 0.6 is 0 Å². The molecule has 0 bridgehead atoms. The lowest BCUT2D eigenvalue weighted by Crippen LogP contribution is -2.36. The molecule has 2 aliphatic rings. The van der Waals surface area contributed by atoms with E-state index in [9.17, 15) is 14.0 Å². The fraction of sp³-hybridized carbons (Fsp3) is 0.333. The molecule has 1 saturated carbocycles. The normalized spacial score (nSPS) is 18.4. The first-order chi connectivity index (χ1) is 14.5. The zero-order chi connectivity index (χ0) is 21.1. The molecule has 1 N–H and O–H groups in total. The van der Waals surface area contributed by atoms with Crippen LogP contribution in [0.3, 0.4) is 0 Å². The topological polar surface area (TPSA) is 58.6 Å². The molecular formula is C24H25FN2O3. The number of amides is 2. The highest BCUT2D eigenvalue weighted by Crippen LogP contribution is 2.38. The molecule has 4 rings (SSSR count). The number of fused-ring (bicyclic) bond motifs is 1. The van der Waals surface area contributed by atoms with Gasteiger partial charge >= 0.3 is 0 Å². The van der Waals surface area contributed by atoms with Crippen molar-refractivity contribution >= 4 is 17.5 Å². The summed E-state index contributed by atoms with van der Waals surface area (Å²) in [6.07, 6.45) is 3.90. The van der Waals surface area contributed by atoms with E-state index in [1.807, 2.05) is 4.90 Å². The quantitative estimate of drug-likeness (QED) is 0.769. The number of nitrogens with one attached hydrogen (secondary N) is 1. The number of benzene rings is 2. The lowest BCUT2D eigenvalue weighted by molar-refractivity contribution is -0.129. The van der Waals surface area contributed by atoms with E-state index in [2.05, 4.69) is 5.32 Å².